The Morgan fingerprint density at radius 1 is 1.71 bits per heavy atom. The highest BCUT2D eigenvalue weighted by molar-refractivity contribution is 5.93. The van der Waals surface area contributed by atoms with Crippen LogP contribution >= 0.6 is 0 Å². The second kappa shape index (κ2) is 4.44. The summed E-state index contributed by atoms with van der Waals surface area (Å²) in [6, 6.07) is 0. The number of aliphatic hydroxyl groups is 2. The molecule has 0 aromatic rings. The number of nitrogens with one attached hydrogen (secondary N) is 1. The zero-order valence-electron chi connectivity index (χ0n) is 8.97. The number of carbonyl (C=O) groups excluding carboxylic acids is 1. The fourth-order valence-electron chi connectivity index (χ4n) is 1.82. The number of hydrogen-bond acceptors (Lipinski definition) is 5. The van der Waals surface area contributed by atoms with E-state index in [0.717, 1.165) is 6.20 Å². The van der Waals surface area contributed by atoms with E-state index in [0.29, 0.717) is 0 Å². The minimum Gasteiger partial charge on any atom is -0.394 e. The van der Waals surface area contributed by atoms with Crippen LogP contribution in [-0.2, 0) is 9.53 Å². The van der Waals surface area contributed by atoms with E-state index < -0.39 is 30.2 Å². The second-order valence-electron chi connectivity index (χ2n) is 3.90. The molecule has 94 valence electrons. The molecule has 2 aliphatic heterocycles. The van der Waals surface area contributed by atoms with E-state index in [1.807, 2.05) is 0 Å². The summed E-state index contributed by atoms with van der Waals surface area (Å²) in [6.45, 7) is 3.24. The van der Waals surface area contributed by atoms with Crippen LogP contribution in [0.5, 0.6) is 0 Å². The molecule has 6 nitrogen and oxygen atoms in total. The molecule has 3 unspecified atom stereocenters. The molecule has 0 bridgehead atoms. The standard InChI is InChI=1S/C10H13FN2O4/c1-5-12-10(16)6(11)3-13(5)9-2-7(15)8(4-14)17-9/h3,7-9,14-15H,1-2,4H2,(H,12,16). The van der Waals surface area contributed by atoms with Gasteiger partial charge in [-0.15, -0.1) is 0 Å². The molecule has 0 spiro atoms. The van der Waals surface area contributed by atoms with E-state index in [-0.39, 0.29) is 18.8 Å². The van der Waals surface area contributed by atoms with Crippen LogP contribution in [0.15, 0.2) is 24.4 Å². The zero-order valence-corrected chi connectivity index (χ0v) is 8.97. The van der Waals surface area contributed by atoms with Gasteiger partial charge in [-0.25, -0.2) is 0 Å². The van der Waals surface area contributed by atoms with Gasteiger partial charge in [-0.05, 0) is 0 Å². The summed E-state index contributed by atoms with van der Waals surface area (Å²) < 4.78 is 18.4. The fraction of sp³-hybridized carbons (Fsp3) is 0.500. The average Bonchev–Trinajstić information content (AvgIpc) is 2.65. The van der Waals surface area contributed by atoms with Crippen molar-refractivity contribution in [2.75, 3.05) is 6.61 Å². The van der Waals surface area contributed by atoms with Gasteiger partial charge in [0.25, 0.3) is 5.91 Å². The number of ether oxygens (including phenoxy) is 1. The van der Waals surface area contributed by atoms with Gasteiger partial charge < -0.3 is 25.2 Å². The van der Waals surface area contributed by atoms with Crippen molar-refractivity contribution in [3.63, 3.8) is 0 Å². The van der Waals surface area contributed by atoms with Crippen LogP contribution in [0.25, 0.3) is 0 Å². The Labute approximate surface area is 97.0 Å². The molecule has 3 atom stereocenters. The molecule has 1 fully saturated rings. The van der Waals surface area contributed by atoms with Crippen LogP contribution in [-0.4, -0.2) is 46.1 Å². The van der Waals surface area contributed by atoms with Gasteiger partial charge in [-0.2, -0.15) is 4.39 Å². The first-order valence-electron chi connectivity index (χ1n) is 5.13. The van der Waals surface area contributed by atoms with Crippen LogP contribution in [0, 0.1) is 0 Å². The van der Waals surface area contributed by atoms with Gasteiger partial charge in [0.1, 0.15) is 18.2 Å². The molecule has 0 radical (unpaired) electrons. The number of amides is 1. The average molecular weight is 244 g/mol. The smallest absolute Gasteiger partial charge is 0.287 e. The summed E-state index contributed by atoms with van der Waals surface area (Å²) in [5.41, 5.74) is 0. The Hall–Kier alpha value is -1.44. The summed E-state index contributed by atoms with van der Waals surface area (Å²) in [4.78, 5) is 12.3. The van der Waals surface area contributed by atoms with Gasteiger partial charge in [-0.3, -0.25) is 4.79 Å². The minimum absolute atomic E-state index is 0.173. The van der Waals surface area contributed by atoms with E-state index in [1.165, 1.54) is 4.90 Å². The lowest BCUT2D eigenvalue weighted by Crippen LogP contribution is -2.42. The van der Waals surface area contributed by atoms with Crippen LogP contribution in [0.4, 0.5) is 4.39 Å². The van der Waals surface area contributed by atoms with Crippen molar-refractivity contribution in [1.82, 2.24) is 10.2 Å². The van der Waals surface area contributed by atoms with E-state index in [9.17, 15) is 14.3 Å². The Morgan fingerprint density at radius 2 is 2.41 bits per heavy atom. The maximum atomic E-state index is 13.1. The van der Waals surface area contributed by atoms with Gasteiger partial charge in [0.15, 0.2) is 0 Å². The van der Waals surface area contributed by atoms with Gasteiger partial charge in [-0.1, -0.05) is 6.58 Å². The van der Waals surface area contributed by atoms with Gasteiger partial charge >= 0.3 is 0 Å². The lowest BCUT2D eigenvalue weighted by Gasteiger charge is -2.31. The van der Waals surface area contributed by atoms with E-state index in [1.54, 1.807) is 0 Å². The highest BCUT2D eigenvalue weighted by Crippen LogP contribution is 2.27. The molecular weight excluding hydrogens is 231 g/mol. The summed E-state index contributed by atoms with van der Waals surface area (Å²) in [5.74, 6) is -1.64. The van der Waals surface area contributed by atoms with Crippen molar-refractivity contribution in [2.24, 2.45) is 0 Å². The molecule has 1 saturated heterocycles. The third-order valence-electron chi connectivity index (χ3n) is 2.73. The van der Waals surface area contributed by atoms with Crippen LogP contribution in [0.3, 0.4) is 0 Å². The number of halogens is 1. The molecule has 0 aromatic carbocycles. The first-order valence-corrected chi connectivity index (χ1v) is 5.13. The molecule has 1 amide bonds. The predicted molar refractivity (Wildman–Crippen MR) is 54.7 cm³/mol. The third-order valence-corrected chi connectivity index (χ3v) is 2.73. The van der Waals surface area contributed by atoms with Crippen molar-refractivity contribution in [1.29, 1.82) is 0 Å². The van der Waals surface area contributed by atoms with Crippen molar-refractivity contribution in [3.8, 4) is 0 Å². The van der Waals surface area contributed by atoms with Crippen LogP contribution in [0.2, 0.25) is 0 Å². The molecule has 3 N–H and O–H groups in total. The molecule has 0 saturated carbocycles. The highest BCUT2D eigenvalue weighted by Gasteiger charge is 2.38. The van der Waals surface area contributed by atoms with Crippen molar-refractivity contribution in [2.45, 2.75) is 24.9 Å². The minimum atomic E-state index is -0.956. The SMILES string of the molecule is C=C1NC(=O)C(F)=CN1C1CC(O)C(CO)O1. The fourth-order valence-corrected chi connectivity index (χ4v) is 1.82. The van der Waals surface area contributed by atoms with Crippen LogP contribution < -0.4 is 5.32 Å². The molecular formula is C10H13FN2O4. The van der Waals surface area contributed by atoms with Crippen molar-refractivity contribution in [3.05, 3.63) is 24.4 Å². The highest BCUT2D eigenvalue weighted by atomic mass is 19.1. The molecule has 2 heterocycles. The number of aliphatic hydroxyl groups excluding tert-OH is 2. The first kappa shape index (κ1) is 12.0. The quantitative estimate of drug-likeness (QED) is 0.590. The maximum absolute atomic E-state index is 13.1. The first-order chi connectivity index (χ1) is 8.02. The monoisotopic (exact) mass is 244 g/mol. The second-order valence-corrected chi connectivity index (χ2v) is 3.90. The molecule has 0 aliphatic carbocycles. The predicted octanol–water partition coefficient (Wildman–Crippen LogP) is -0.832. The maximum Gasteiger partial charge on any atom is 0.287 e. The summed E-state index contributed by atoms with van der Waals surface area (Å²) in [5, 5.41) is 20.7. The largest absolute Gasteiger partial charge is 0.394 e. The molecule has 2 aliphatic rings. The van der Waals surface area contributed by atoms with E-state index in [4.69, 9.17) is 9.84 Å². The van der Waals surface area contributed by atoms with Crippen LogP contribution in [0.1, 0.15) is 6.42 Å². The topological polar surface area (TPSA) is 82.0 Å². The molecule has 7 heteroatoms. The molecule has 2 rings (SSSR count). The normalized spacial score (nSPS) is 33.7. The number of hydrogen-bond donors (Lipinski definition) is 3. The van der Waals surface area contributed by atoms with Gasteiger partial charge in [0.05, 0.1) is 12.7 Å². The summed E-state index contributed by atoms with van der Waals surface area (Å²) in [6.07, 6.45) is -1.02. The lowest BCUT2D eigenvalue weighted by molar-refractivity contribution is -0.120. The summed E-state index contributed by atoms with van der Waals surface area (Å²) >= 11 is 0. The number of carbonyl (C=O) groups is 1. The van der Waals surface area contributed by atoms with Crippen molar-refractivity contribution >= 4 is 5.91 Å². The van der Waals surface area contributed by atoms with Crippen molar-refractivity contribution < 1.29 is 24.1 Å². The lowest BCUT2D eigenvalue weighted by atomic mass is 10.2. The van der Waals surface area contributed by atoms with Gasteiger partial charge in [0, 0.05) is 12.6 Å². The Bertz CT molecular complexity index is 385. The molecule has 17 heavy (non-hydrogen) atoms. The number of rotatable bonds is 2. The van der Waals surface area contributed by atoms with E-state index in [2.05, 4.69) is 11.9 Å². The Kier molecular flexibility index (Phi) is 3.14. The zero-order chi connectivity index (χ0) is 12.6. The van der Waals surface area contributed by atoms with E-state index >= 15 is 0 Å². The summed E-state index contributed by atoms with van der Waals surface area (Å²) in [7, 11) is 0. The third kappa shape index (κ3) is 2.17. The van der Waals surface area contributed by atoms with Gasteiger partial charge in [0.2, 0.25) is 5.83 Å². The molecule has 0 aromatic heterocycles. The number of nitrogens with zero attached hydrogens (tertiary/aromatic N) is 1. The Balaban J connectivity index is 2.13. The Morgan fingerprint density at radius 3 is 3.00 bits per heavy atom.